The molecule has 0 unspecified atom stereocenters. The van der Waals surface area contributed by atoms with Crippen LogP contribution in [0.3, 0.4) is 0 Å². The molecular formula is C17H19ClFNO. The number of aromatic nitrogens is 1. The minimum Gasteiger partial charge on any atom is -1.00 e. The van der Waals surface area contributed by atoms with Gasteiger partial charge in [0.1, 0.15) is 0 Å². The van der Waals surface area contributed by atoms with Crippen molar-refractivity contribution >= 4 is 0 Å². The molecule has 3 rings (SSSR count). The van der Waals surface area contributed by atoms with Gasteiger partial charge in [-0.15, -0.1) is 0 Å². The summed E-state index contributed by atoms with van der Waals surface area (Å²) in [6, 6.07) is 7.34. The van der Waals surface area contributed by atoms with Crippen LogP contribution in [-0.2, 0) is 19.4 Å². The van der Waals surface area contributed by atoms with Crippen LogP contribution >= 0.6 is 0 Å². The topological polar surface area (TPSA) is 13.1 Å². The standard InChI is InChI=1S/C17H19FNO.ClH/c1-20-17-7-6-13(10-16(17)18)11-19-9-8-14-4-2-3-5-15(14)12-19;/h6-10,12H,2-5,11H2,1H3;1H/q+1;/p-1. The molecule has 0 atom stereocenters. The summed E-state index contributed by atoms with van der Waals surface area (Å²) in [7, 11) is 1.48. The third kappa shape index (κ3) is 3.53. The zero-order valence-electron chi connectivity index (χ0n) is 12.1. The summed E-state index contributed by atoms with van der Waals surface area (Å²) in [6.45, 7) is 0.689. The predicted molar refractivity (Wildman–Crippen MR) is 75.3 cm³/mol. The maximum atomic E-state index is 13.7. The summed E-state index contributed by atoms with van der Waals surface area (Å²) in [5.41, 5.74) is 3.85. The van der Waals surface area contributed by atoms with Gasteiger partial charge in [0.25, 0.3) is 0 Å². The number of rotatable bonds is 3. The van der Waals surface area contributed by atoms with E-state index >= 15 is 0 Å². The second-order valence-corrected chi connectivity index (χ2v) is 5.34. The fourth-order valence-corrected chi connectivity index (χ4v) is 2.84. The first-order valence-electron chi connectivity index (χ1n) is 7.09. The molecule has 0 aliphatic heterocycles. The molecule has 4 heteroatoms. The first-order valence-corrected chi connectivity index (χ1v) is 7.09. The van der Waals surface area contributed by atoms with E-state index in [9.17, 15) is 4.39 Å². The highest BCUT2D eigenvalue weighted by Crippen LogP contribution is 2.20. The first kappa shape index (κ1) is 15.8. The lowest BCUT2D eigenvalue weighted by atomic mass is 9.93. The lowest BCUT2D eigenvalue weighted by Gasteiger charge is -2.13. The number of nitrogens with zero attached hydrogens (tertiary/aromatic N) is 1. The van der Waals surface area contributed by atoms with Gasteiger partial charge in [0.2, 0.25) is 0 Å². The van der Waals surface area contributed by atoms with Crippen LogP contribution in [0, 0.1) is 5.82 Å². The number of benzene rings is 1. The Bertz CT molecular complexity index is 630. The van der Waals surface area contributed by atoms with Crippen molar-refractivity contribution in [1.29, 1.82) is 0 Å². The highest BCUT2D eigenvalue weighted by molar-refractivity contribution is 5.29. The van der Waals surface area contributed by atoms with Crippen LogP contribution in [0.4, 0.5) is 4.39 Å². The van der Waals surface area contributed by atoms with Crippen molar-refractivity contribution < 1.29 is 26.1 Å². The summed E-state index contributed by atoms with van der Waals surface area (Å²) in [5, 5.41) is 0. The van der Waals surface area contributed by atoms with Gasteiger partial charge in [-0.1, -0.05) is 0 Å². The summed E-state index contributed by atoms with van der Waals surface area (Å²) >= 11 is 0. The van der Waals surface area contributed by atoms with Crippen LogP contribution < -0.4 is 21.7 Å². The smallest absolute Gasteiger partial charge is 0.173 e. The molecule has 2 nitrogen and oxygen atoms in total. The molecule has 0 saturated carbocycles. The van der Waals surface area contributed by atoms with Crippen molar-refractivity contribution in [3.8, 4) is 5.75 Å². The number of fused-ring (bicyclic) bond motifs is 1. The Labute approximate surface area is 131 Å². The third-order valence-electron chi connectivity index (χ3n) is 3.92. The molecule has 1 heterocycles. The van der Waals surface area contributed by atoms with Gasteiger partial charge in [0.15, 0.2) is 30.5 Å². The fraction of sp³-hybridized carbons (Fsp3) is 0.353. The van der Waals surface area contributed by atoms with E-state index in [2.05, 4.69) is 23.0 Å². The van der Waals surface area contributed by atoms with Crippen LogP contribution in [0.2, 0.25) is 0 Å². The highest BCUT2D eigenvalue weighted by atomic mass is 35.5. The van der Waals surface area contributed by atoms with E-state index in [1.807, 2.05) is 6.07 Å². The van der Waals surface area contributed by atoms with Crippen LogP contribution in [0.5, 0.6) is 5.75 Å². The lowest BCUT2D eigenvalue weighted by molar-refractivity contribution is -0.688. The van der Waals surface area contributed by atoms with Crippen molar-refractivity contribution in [1.82, 2.24) is 0 Å². The van der Waals surface area contributed by atoms with E-state index in [-0.39, 0.29) is 18.2 Å². The van der Waals surface area contributed by atoms with Gasteiger partial charge < -0.3 is 17.1 Å². The molecule has 0 radical (unpaired) electrons. The number of hydrogen-bond donors (Lipinski definition) is 0. The van der Waals surface area contributed by atoms with Crippen LogP contribution in [-0.4, -0.2) is 7.11 Å². The number of aryl methyl sites for hydroxylation is 2. The summed E-state index contributed by atoms with van der Waals surface area (Å²) < 4.78 is 20.8. The molecule has 1 aromatic carbocycles. The van der Waals surface area contributed by atoms with Gasteiger partial charge in [-0.2, -0.15) is 0 Å². The lowest BCUT2D eigenvalue weighted by Crippen LogP contribution is -3.00. The van der Waals surface area contributed by atoms with Crippen molar-refractivity contribution in [2.24, 2.45) is 0 Å². The summed E-state index contributed by atoms with van der Waals surface area (Å²) in [4.78, 5) is 0. The first-order chi connectivity index (χ1) is 9.76. The van der Waals surface area contributed by atoms with Gasteiger partial charge in [-0.05, 0) is 49.4 Å². The molecule has 0 bridgehead atoms. The van der Waals surface area contributed by atoms with Crippen molar-refractivity contribution in [2.45, 2.75) is 32.2 Å². The third-order valence-corrected chi connectivity index (χ3v) is 3.92. The van der Waals surface area contributed by atoms with Gasteiger partial charge in [0.05, 0.1) is 7.11 Å². The molecule has 0 saturated heterocycles. The van der Waals surface area contributed by atoms with E-state index in [1.54, 1.807) is 12.1 Å². The van der Waals surface area contributed by atoms with Crippen molar-refractivity contribution in [3.05, 3.63) is 59.2 Å². The molecule has 0 fully saturated rings. The monoisotopic (exact) mass is 307 g/mol. The van der Waals surface area contributed by atoms with Crippen LogP contribution in [0.25, 0.3) is 0 Å². The molecule has 1 aliphatic carbocycles. The van der Waals surface area contributed by atoms with E-state index < -0.39 is 0 Å². The number of pyridine rings is 1. The SMILES string of the molecule is COc1ccc(C[n+]2ccc3c(c2)CCCC3)cc1F.[Cl-]. The van der Waals surface area contributed by atoms with E-state index in [4.69, 9.17) is 4.74 Å². The Balaban J connectivity index is 0.00000161. The van der Waals surface area contributed by atoms with E-state index in [1.165, 1.54) is 37.5 Å². The molecule has 0 spiro atoms. The largest absolute Gasteiger partial charge is 1.00 e. The van der Waals surface area contributed by atoms with Crippen molar-refractivity contribution in [3.63, 3.8) is 0 Å². The maximum absolute atomic E-state index is 13.7. The second-order valence-electron chi connectivity index (χ2n) is 5.34. The zero-order chi connectivity index (χ0) is 13.9. The van der Waals surface area contributed by atoms with Gasteiger partial charge >= 0.3 is 0 Å². The molecule has 112 valence electrons. The highest BCUT2D eigenvalue weighted by Gasteiger charge is 2.14. The van der Waals surface area contributed by atoms with Crippen molar-refractivity contribution in [2.75, 3.05) is 7.11 Å². The zero-order valence-corrected chi connectivity index (χ0v) is 12.9. The van der Waals surface area contributed by atoms with Gasteiger partial charge in [-0.25, -0.2) is 8.96 Å². The van der Waals surface area contributed by atoms with Crippen LogP contribution in [0.1, 0.15) is 29.5 Å². The number of halogens is 2. The summed E-state index contributed by atoms with van der Waals surface area (Å²) in [5.74, 6) is -0.00671. The molecule has 21 heavy (non-hydrogen) atoms. The van der Waals surface area contributed by atoms with Gasteiger partial charge in [-0.3, -0.25) is 0 Å². The Morgan fingerprint density at radius 2 is 1.90 bits per heavy atom. The Kier molecular flexibility index (Phi) is 5.18. The maximum Gasteiger partial charge on any atom is 0.173 e. The van der Waals surface area contributed by atoms with E-state index in [0.29, 0.717) is 12.3 Å². The fourth-order valence-electron chi connectivity index (χ4n) is 2.84. The molecule has 0 N–H and O–H groups in total. The minimum absolute atomic E-state index is 0. The van der Waals surface area contributed by atoms with Gasteiger partial charge in [0, 0.05) is 17.2 Å². The molecular weight excluding hydrogens is 289 g/mol. The normalized spacial score (nSPS) is 13.2. The molecule has 0 amide bonds. The Hall–Kier alpha value is -1.61. The molecule has 2 aromatic rings. The summed E-state index contributed by atoms with van der Waals surface area (Å²) in [6.07, 6.45) is 9.21. The minimum atomic E-state index is -0.302. The quantitative estimate of drug-likeness (QED) is 0.731. The molecule has 1 aliphatic rings. The number of ether oxygens (including phenoxy) is 1. The Morgan fingerprint density at radius 1 is 1.14 bits per heavy atom. The van der Waals surface area contributed by atoms with Crippen LogP contribution in [0.15, 0.2) is 36.7 Å². The number of hydrogen-bond acceptors (Lipinski definition) is 1. The van der Waals surface area contributed by atoms with E-state index in [0.717, 1.165) is 12.0 Å². The second kappa shape index (κ2) is 6.90. The average molecular weight is 308 g/mol. The Morgan fingerprint density at radius 3 is 2.62 bits per heavy atom. The average Bonchev–Trinajstić information content (AvgIpc) is 2.47. The number of methoxy groups -OCH3 is 1. The predicted octanol–water partition coefficient (Wildman–Crippen LogP) is 0.0529. The molecule has 1 aromatic heterocycles.